The van der Waals surface area contributed by atoms with Crippen LogP contribution in [0, 0.1) is 0 Å². The van der Waals surface area contributed by atoms with Crippen molar-refractivity contribution >= 4 is 5.91 Å². The highest BCUT2D eigenvalue weighted by molar-refractivity contribution is 5.95. The summed E-state index contributed by atoms with van der Waals surface area (Å²) in [6.07, 6.45) is 1.50. The van der Waals surface area contributed by atoms with Crippen molar-refractivity contribution in [3.63, 3.8) is 0 Å². The van der Waals surface area contributed by atoms with Gasteiger partial charge in [-0.25, -0.2) is 0 Å². The van der Waals surface area contributed by atoms with E-state index in [-0.39, 0.29) is 18.1 Å². The zero-order valence-electron chi connectivity index (χ0n) is 13.2. The largest absolute Gasteiger partial charge is 0.497 e. The van der Waals surface area contributed by atoms with E-state index in [9.17, 15) is 9.90 Å². The van der Waals surface area contributed by atoms with E-state index in [1.54, 1.807) is 25.3 Å². The lowest BCUT2D eigenvalue weighted by molar-refractivity contribution is -0.0513. The van der Waals surface area contributed by atoms with E-state index in [1.807, 2.05) is 0 Å². The van der Waals surface area contributed by atoms with Crippen molar-refractivity contribution in [2.45, 2.75) is 37.5 Å². The first-order valence-electron chi connectivity index (χ1n) is 7.33. The van der Waals surface area contributed by atoms with E-state index in [1.165, 1.54) is 14.2 Å². The van der Waals surface area contributed by atoms with Crippen LogP contribution in [0.1, 0.15) is 29.6 Å². The highest BCUT2D eigenvalue weighted by Gasteiger charge is 2.33. The zero-order chi connectivity index (χ0) is 16.1. The molecule has 122 valence electrons. The maximum Gasteiger partial charge on any atom is 0.251 e. The van der Waals surface area contributed by atoms with Gasteiger partial charge in [-0.05, 0) is 31.4 Å². The number of hydrogen-bond acceptors (Lipinski definition) is 5. The highest BCUT2D eigenvalue weighted by Crippen LogP contribution is 2.24. The molecule has 1 amide bonds. The van der Waals surface area contributed by atoms with E-state index in [2.05, 4.69) is 5.32 Å². The third kappa shape index (κ3) is 3.69. The molecule has 0 saturated heterocycles. The van der Waals surface area contributed by atoms with Gasteiger partial charge in [0, 0.05) is 18.7 Å². The topological polar surface area (TPSA) is 77.0 Å². The molecule has 0 spiro atoms. The van der Waals surface area contributed by atoms with Gasteiger partial charge in [-0.2, -0.15) is 0 Å². The van der Waals surface area contributed by atoms with E-state index in [0.29, 0.717) is 17.1 Å². The van der Waals surface area contributed by atoms with Gasteiger partial charge in [0.15, 0.2) is 0 Å². The van der Waals surface area contributed by atoms with Crippen LogP contribution < -0.4 is 14.8 Å². The first-order chi connectivity index (χ1) is 10.6. The summed E-state index contributed by atoms with van der Waals surface area (Å²) in [5.74, 6) is 0.824. The summed E-state index contributed by atoms with van der Waals surface area (Å²) in [4.78, 5) is 12.4. The smallest absolute Gasteiger partial charge is 0.251 e. The van der Waals surface area contributed by atoms with Crippen molar-refractivity contribution < 1.29 is 24.1 Å². The van der Waals surface area contributed by atoms with Gasteiger partial charge in [0.25, 0.3) is 5.91 Å². The Hall–Kier alpha value is -1.79. The molecule has 6 nitrogen and oxygen atoms in total. The molecule has 0 heterocycles. The van der Waals surface area contributed by atoms with Crippen LogP contribution in [0.25, 0.3) is 0 Å². The first kappa shape index (κ1) is 16.6. The number of ether oxygens (including phenoxy) is 3. The molecular formula is C16H23NO5. The van der Waals surface area contributed by atoms with Crippen LogP contribution in [0.3, 0.4) is 0 Å². The number of aliphatic hydroxyl groups excluding tert-OH is 1. The molecule has 2 N–H and O–H groups in total. The number of methoxy groups -OCH3 is 3. The summed E-state index contributed by atoms with van der Waals surface area (Å²) in [5, 5.41) is 13.1. The van der Waals surface area contributed by atoms with E-state index in [4.69, 9.17) is 14.2 Å². The molecule has 0 radical (unpaired) electrons. The van der Waals surface area contributed by atoms with Gasteiger partial charge in [0.05, 0.1) is 26.4 Å². The Morgan fingerprint density at radius 3 is 2.32 bits per heavy atom. The lowest BCUT2D eigenvalue weighted by Crippen LogP contribution is -2.51. The number of rotatable bonds is 5. The Labute approximate surface area is 130 Å². The molecule has 0 aromatic heterocycles. The SMILES string of the molecule is COc1cc(OC)cc(C(=O)N[C@@H]2CCC[C@@H](OC)[C@@H]2O)c1. The Morgan fingerprint density at radius 2 is 1.77 bits per heavy atom. The second kappa shape index (κ2) is 7.47. The highest BCUT2D eigenvalue weighted by atomic mass is 16.5. The summed E-state index contributed by atoms with van der Waals surface area (Å²) in [7, 11) is 4.64. The van der Waals surface area contributed by atoms with Crippen LogP contribution in [0.15, 0.2) is 18.2 Å². The molecule has 6 heteroatoms. The minimum absolute atomic E-state index is 0.237. The molecule has 1 aliphatic rings. The molecule has 2 rings (SSSR count). The minimum atomic E-state index is -0.699. The molecule has 3 atom stereocenters. The van der Waals surface area contributed by atoms with Crippen LogP contribution >= 0.6 is 0 Å². The Kier molecular flexibility index (Phi) is 5.63. The van der Waals surface area contributed by atoms with Crippen LogP contribution in [0.4, 0.5) is 0 Å². The normalized spacial score (nSPS) is 24.6. The fourth-order valence-corrected chi connectivity index (χ4v) is 2.74. The number of amides is 1. The fourth-order valence-electron chi connectivity index (χ4n) is 2.74. The predicted molar refractivity (Wildman–Crippen MR) is 81.5 cm³/mol. The van der Waals surface area contributed by atoms with Gasteiger partial charge in [-0.3, -0.25) is 4.79 Å². The monoisotopic (exact) mass is 309 g/mol. The predicted octanol–water partition coefficient (Wildman–Crippen LogP) is 1.36. The van der Waals surface area contributed by atoms with Crippen LogP contribution in [0.2, 0.25) is 0 Å². The van der Waals surface area contributed by atoms with Crippen molar-refractivity contribution in [2.24, 2.45) is 0 Å². The third-order valence-corrected chi connectivity index (χ3v) is 4.03. The number of carbonyl (C=O) groups is 1. The Balaban J connectivity index is 2.11. The number of carbonyl (C=O) groups excluding carboxylic acids is 1. The average molecular weight is 309 g/mol. The zero-order valence-corrected chi connectivity index (χ0v) is 13.2. The fraction of sp³-hybridized carbons (Fsp3) is 0.562. The maximum absolute atomic E-state index is 12.4. The first-order valence-corrected chi connectivity index (χ1v) is 7.33. The number of benzene rings is 1. The lowest BCUT2D eigenvalue weighted by atomic mass is 9.89. The van der Waals surface area contributed by atoms with Gasteiger partial charge in [-0.1, -0.05) is 0 Å². The van der Waals surface area contributed by atoms with Crippen LogP contribution in [-0.2, 0) is 4.74 Å². The van der Waals surface area contributed by atoms with Crippen molar-refractivity contribution in [1.82, 2.24) is 5.32 Å². The van der Waals surface area contributed by atoms with Crippen molar-refractivity contribution in [3.8, 4) is 11.5 Å². The molecule has 0 unspecified atom stereocenters. The molecule has 1 saturated carbocycles. The third-order valence-electron chi connectivity index (χ3n) is 4.03. The molecular weight excluding hydrogens is 286 g/mol. The van der Waals surface area contributed by atoms with Gasteiger partial charge in [0.2, 0.25) is 0 Å². The second-order valence-electron chi connectivity index (χ2n) is 5.38. The van der Waals surface area contributed by atoms with Crippen molar-refractivity contribution in [1.29, 1.82) is 0 Å². The Bertz CT molecular complexity index is 497. The van der Waals surface area contributed by atoms with Crippen molar-refractivity contribution in [2.75, 3.05) is 21.3 Å². The van der Waals surface area contributed by atoms with Crippen LogP contribution in [-0.4, -0.2) is 50.6 Å². The molecule has 0 bridgehead atoms. The summed E-state index contributed by atoms with van der Waals surface area (Å²) in [6.45, 7) is 0. The van der Waals surface area contributed by atoms with Gasteiger partial charge in [-0.15, -0.1) is 0 Å². The van der Waals surface area contributed by atoms with E-state index in [0.717, 1.165) is 19.3 Å². The number of aliphatic hydroxyl groups is 1. The van der Waals surface area contributed by atoms with Gasteiger partial charge >= 0.3 is 0 Å². The molecule has 0 aliphatic heterocycles. The molecule has 1 aromatic carbocycles. The lowest BCUT2D eigenvalue weighted by Gasteiger charge is -2.34. The standard InChI is InChI=1S/C16H23NO5/c1-20-11-7-10(8-12(9-11)21-2)16(19)17-13-5-4-6-14(22-3)15(13)18/h7-9,13-15,18H,4-6H2,1-3H3,(H,17,19)/t13-,14-,15-/m1/s1. The van der Waals surface area contributed by atoms with Gasteiger partial charge in [0.1, 0.15) is 17.6 Å². The maximum atomic E-state index is 12.4. The summed E-state index contributed by atoms with van der Waals surface area (Å²) in [5.41, 5.74) is 0.433. The Morgan fingerprint density at radius 1 is 1.14 bits per heavy atom. The summed E-state index contributed by atoms with van der Waals surface area (Å²) >= 11 is 0. The second-order valence-corrected chi connectivity index (χ2v) is 5.38. The van der Waals surface area contributed by atoms with Crippen molar-refractivity contribution in [3.05, 3.63) is 23.8 Å². The number of hydrogen-bond donors (Lipinski definition) is 2. The van der Waals surface area contributed by atoms with Gasteiger partial charge < -0.3 is 24.6 Å². The molecule has 22 heavy (non-hydrogen) atoms. The molecule has 1 aliphatic carbocycles. The number of nitrogens with one attached hydrogen (secondary N) is 1. The van der Waals surface area contributed by atoms with E-state index >= 15 is 0 Å². The summed E-state index contributed by atoms with van der Waals surface area (Å²) in [6, 6.07) is 4.66. The molecule has 1 aromatic rings. The van der Waals surface area contributed by atoms with E-state index < -0.39 is 6.10 Å². The molecule has 1 fully saturated rings. The average Bonchev–Trinajstić information content (AvgIpc) is 2.56. The van der Waals surface area contributed by atoms with Crippen LogP contribution in [0.5, 0.6) is 11.5 Å². The minimum Gasteiger partial charge on any atom is -0.497 e. The quantitative estimate of drug-likeness (QED) is 0.859. The summed E-state index contributed by atoms with van der Waals surface area (Å²) < 4.78 is 15.6.